The topological polar surface area (TPSA) is 122 Å². The highest BCUT2D eigenvalue weighted by Gasteiger charge is 2.34. The summed E-state index contributed by atoms with van der Waals surface area (Å²) in [4.78, 5) is 34.2. The van der Waals surface area contributed by atoms with Gasteiger partial charge in [0, 0.05) is 43.9 Å². The number of piperidine rings is 1. The zero-order chi connectivity index (χ0) is 23.8. The van der Waals surface area contributed by atoms with E-state index < -0.39 is 0 Å². The van der Waals surface area contributed by atoms with Crippen LogP contribution < -0.4 is 10.2 Å². The summed E-state index contributed by atoms with van der Waals surface area (Å²) >= 11 is 0. The van der Waals surface area contributed by atoms with Crippen LogP contribution in [0.1, 0.15) is 73.7 Å². The molecule has 2 fully saturated rings. The molecule has 5 rings (SSSR count). The van der Waals surface area contributed by atoms with E-state index in [2.05, 4.69) is 34.4 Å². The van der Waals surface area contributed by atoms with Crippen molar-refractivity contribution >= 4 is 29.1 Å². The Morgan fingerprint density at radius 1 is 1.21 bits per heavy atom. The summed E-state index contributed by atoms with van der Waals surface area (Å²) in [6.45, 7) is 8.64. The number of carbonyl (C=O) groups is 2. The third-order valence-electron chi connectivity index (χ3n) is 6.72. The number of hydrogen-bond donors (Lipinski definition) is 1. The van der Waals surface area contributed by atoms with Crippen LogP contribution in [0.2, 0.25) is 0 Å². The molecular formula is C23H30N8O3. The molecule has 0 radical (unpaired) electrons. The van der Waals surface area contributed by atoms with Crippen molar-refractivity contribution < 1.29 is 14.2 Å². The van der Waals surface area contributed by atoms with Gasteiger partial charge in [0.05, 0.1) is 11.7 Å². The van der Waals surface area contributed by atoms with E-state index in [1.807, 2.05) is 12.3 Å². The van der Waals surface area contributed by atoms with Crippen molar-refractivity contribution in [3.05, 3.63) is 29.2 Å². The second-order valence-corrected chi connectivity index (χ2v) is 9.33. The minimum atomic E-state index is -0.328. The molecule has 0 bridgehead atoms. The van der Waals surface area contributed by atoms with Gasteiger partial charge in [0.15, 0.2) is 5.65 Å². The number of carbonyl (C=O) groups excluding carboxylic acids is 2. The maximum absolute atomic E-state index is 13.4. The van der Waals surface area contributed by atoms with Gasteiger partial charge in [-0.3, -0.25) is 9.59 Å². The van der Waals surface area contributed by atoms with Crippen LogP contribution in [0.4, 0.5) is 11.6 Å². The largest absolute Gasteiger partial charge is 0.356 e. The van der Waals surface area contributed by atoms with Gasteiger partial charge in [-0.25, -0.2) is 14.1 Å². The van der Waals surface area contributed by atoms with E-state index in [-0.39, 0.29) is 35.8 Å². The SMILES string of the molecule is CCC(=O)Nc1nonc1C(=O)N1CCCC[C@H]1c1cc2nc(N3CC[C@H](C)C3)c(C)cn2n1. The van der Waals surface area contributed by atoms with Gasteiger partial charge in [-0.15, -0.1) is 0 Å². The molecule has 11 nitrogen and oxygen atoms in total. The highest BCUT2D eigenvalue weighted by molar-refractivity contribution is 6.01. The smallest absolute Gasteiger partial charge is 0.280 e. The van der Waals surface area contributed by atoms with Gasteiger partial charge in [0.1, 0.15) is 5.82 Å². The molecule has 3 aromatic heterocycles. The Hall–Kier alpha value is -3.50. The molecule has 3 aromatic rings. The van der Waals surface area contributed by atoms with Crippen molar-refractivity contribution in [2.45, 2.75) is 58.9 Å². The van der Waals surface area contributed by atoms with Crippen LogP contribution in [0.5, 0.6) is 0 Å². The molecule has 0 aliphatic carbocycles. The Bertz CT molecular complexity index is 1220. The molecule has 2 amide bonds. The molecule has 2 aliphatic rings. The molecule has 2 aliphatic heterocycles. The number of anilines is 2. The third kappa shape index (κ3) is 4.10. The van der Waals surface area contributed by atoms with Crippen LogP contribution in [0.25, 0.3) is 5.65 Å². The number of nitrogens with one attached hydrogen (secondary N) is 1. The van der Waals surface area contributed by atoms with E-state index in [4.69, 9.17) is 14.7 Å². The number of rotatable bonds is 5. The van der Waals surface area contributed by atoms with Crippen LogP contribution in [0.3, 0.4) is 0 Å². The first-order chi connectivity index (χ1) is 16.4. The second kappa shape index (κ2) is 9.03. The van der Waals surface area contributed by atoms with E-state index in [0.29, 0.717) is 12.5 Å². The van der Waals surface area contributed by atoms with Gasteiger partial charge in [-0.1, -0.05) is 13.8 Å². The Labute approximate surface area is 197 Å². The Kier molecular flexibility index (Phi) is 5.93. The monoisotopic (exact) mass is 466 g/mol. The highest BCUT2D eigenvalue weighted by atomic mass is 16.6. The number of hydrogen-bond acceptors (Lipinski definition) is 8. The quantitative estimate of drug-likeness (QED) is 0.609. The van der Waals surface area contributed by atoms with Gasteiger partial charge < -0.3 is 15.1 Å². The number of amides is 2. The Morgan fingerprint density at radius 3 is 2.82 bits per heavy atom. The average Bonchev–Trinajstić information content (AvgIpc) is 3.57. The molecule has 2 atom stereocenters. The van der Waals surface area contributed by atoms with Crippen LogP contribution in [-0.2, 0) is 4.79 Å². The second-order valence-electron chi connectivity index (χ2n) is 9.33. The Morgan fingerprint density at radius 2 is 2.06 bits per heavy atom. The van der Waals surface area contributed by atoms with E-state index in [1.54, 1.807) is 16.3 Å². The van der Waals surface area contributed by atoms with E-state index >= 15 is 0 Å². The van der Waals surface area contributed by atoms with Gasteiger partial charge in [0.2, 0.25) is 17.4 Å². The number of aromatic nitrogens is 5. The molecule has 0 saturated carbocycles. The fourth-order valence-electron chi connectivity index (χ4n) is 4.88. The summed E-state index contributed by atoms with van der Waals surface area (Å²) < 4.78 is 6.58. The van der Waals surface area contributed by atoms with Gasteiger partial charge in [0.25, 0.3) is 5.91 Å². The molecule has 5 heterocycles. The zero-order valence-corrected chi connectivity index (χ0v) is 19.8. The fraction of sp³-hybridized carbons (Fsp3) is 0.565. The standard InChI is InChI=1S/C23H30N8O3/c1-4-19(32)25-21-20(27-34-28-21)23(33)30-9-6-5-7-17(30)16-11-18-24-22(15(3)13-31(18)26-16)29-10-8-14(2)12-29/h11,13-14,17H,4-10,12H2,1-3H3,(H,25,28,32)/t14-,17-/m0/s1. The summed E-state index contributed by atoms with van der Waals surface area (Å²) in [5, 5.41) is 14.9. The summed E-state index contributed by atoms with van der Waals surface area (Å²) in [5.74, 6) is 1.13. The van der Waals surface area contributed by atoms with Crippen LogP contribution >= 0.6 is 0 Å². The molecule has 0 unspecified atom stereocenters. The number of nitrogens with zero attached hydrogens (tertiary/aromatic N) is 7. The third-order valence-corrected chi connectivity index (χ3v) is 6.72. The molecule has 180 valence electrons. The minimum absolute atomic E-state index is 0.0110. The molecule has 0 spiro atoms. The lowest BCUT2D eigenvalue weighted by Gasteiger charge is -2.34. The van der Waals surface area contributed by atoms with Crippen molar-refractivity contribution in [3.8, 4) is 0 Å². The summed E-state index contributed by atoms with van der Waals surface area (Å²) in [6.07, 6.45) is 6.10. The van der Waals surface area contributed by atoms with Crippen molar-refractivity contribution in [2.75, 3.05) is 29.9 Å². The van der Waals surface area contributed by atoms with Crippen LogP contribution in [0, 0.1) is 12.8 Å². The minimum Gasteiger partial charge on any atom is -0.356 e. The van der Waals surface area contributed by atoms with Gasteiger partial charge in [-0.2, -0.15) is 5.10 Å². The number of fused-ring (bicyclic) bond motifs is 1. The summed E-state index contributed by atoms with van der Waals surface area (Å²) in [7, 11) is 0. The molecule has 34 heavy (non-hydrogen) atoms. The zero-order valence-electron chi connectivity index (χ0n) is 19.8. The molecule has 2 saturated heterocycles. The van der Waals surface area contributed by atoms with Crippen LogP contribution in [0.15, 0.2) is 16.9 Å². The summed E-state index contributed by atoms with van der Waals surface area (Å²) in [5.41, 5.74) is 2.66. The molecule has 1 N–H and O–H groups in total. The normalized spacial score (nSPS) is 20.8. The average molecular weight is 467 g/mol. The molecule has 0 aromatic carbocycles. The predicted octanol–water partition coefficient (Wildman–Crippen LogP) is 2.98. The first kappa shape index (κ1) is 22.3. The van der Waals surface area contributed by atoms with Crippen molar-refractivity contribution in [1.29, 1.82) is 0 Å². The van der Waals surface area contributed by atoms with Crippen molar-refractivity contribution in [1.82, 2.24) is 29.8 Å². The fourth-order valence-corrected chi connectivity index (χ4v) is 4.88. The Balaban J connectivity index is 1.44. The lowest BCUT2D eigenvalue weighted by atomic mass is 9.99. The van der Waals surface area contributed by atoms with Gasteiger partial charge >= 0.3 is 0 Å². The predicted molar refractivity (Wildman–Crippen MR) is 125 cm³/mol. The lowest BCUT2D eigenvalue weighted by molar-refractivity contribution is -0.115. The van der Waals surface area contributed by atoms with Gasteiger partial charge in [-0.05, 0) is 48.8 Å². The first-order valence-electron chi connectivity index (χ1n) is 12.0. The van der Waals surface area contributed by atoms with Crippen molar-refractivity contribution in [2.24, 2.45) is 5.92 Å². The van der Waals surface area contributed by atoms with Crippen molar-refractivity contribution in [3.63, 3.8) is 0 Å². The molecular weight excluding hydrogens is 436 g/mol. The van der Waals surface area contributed by atoms with Crippen LogP contribution in [-0.4, -0.2) is 61.3 Å². The van der Waals surface area contributed by atoms with E-state index in [0.717, 1.165) is 55.1 Å². The highest BCUT2D eigenvalue weighted by Crippen LogP contribution is 2.33. The summed E-state index contributed by atoms with van der Waals surface area (Å²) in [6, 6.07) is 1.75. The maximum Gasteiger partial charge on any atom is 0.280 e. The van der Waals surface area contributed by atoms with E-state index in [1.165, 1.54) is 6.42 Å². The lowest BCUT2D eigenvalue weighted by Crippen LogP contribution is -2.39. The first-order valence-corrected chi connectivity index (χ1v) is 12.0. The van der Waals surface area contributed by atoms with E-state index in [9.17, 15) is 9.59 Å². The molecule has 11 heteroatoms. The number of likely N-dealkylation sites (tertiary alicyclic amines) is 1. The number of aryl methyl sites for hydroxylation is 1. The maximum atomic E-state index is 13.4.